The van der Waals surface area contributed by atoms with E-state index in [2.05, 4.69) is 0 Å². The zero-order valence-electron chi connectivity index (χ0n) is 6.03. The van der Waals surface area contributed by atoms with Crippen molar-refractivity contribution in [2.24, 2.45) is 11.6 Å². The van der Waals surface area contributed by atoms with Gasteiger partial charge in [-0.25, -0.2) is 5.84 Å². The van der Waals surface area contributed by atoms with Crippen molar-refractivity contribution in [3.63, 3.8) is 0 Å². The van der Waals surface area contributed by atoms with E-state index in [0.29, 0.717) is 9.75 Å². The highest BCUT2D eigenvalue weighted by atomic mass is 32.1. The Morgan fingerprint density at radius 2 is 1.92 bits per heavy atom. The molecule has 0 saturated carbocycles. The maximum absolute atomic E-state index is 10.9. The van der Waals surface area contributed by atoms with Crippen LogP contribution in [-0.2, 0) is 0 Å². The van der Waals surface area contributed by atoms with Gasteiger partial charge in [0.1, 0.15) is 0 Å². The quantitative estimate of drug-likeness (QED) is 0.327. The van der Waals surface area contributed by atoms with Gasteiger partial charge in [0.25, 0.3) is 11.8 Å². The minimum atomic E-state index is -0.545. The number of hydrogen-bond donors (Lipinski definition) is 3. The number of nitrogen functional groups attached to an aromatic ring is 1. The van der Waals surface area contributed by atoms with Crippen LogP contribution in [0.1, 0.15) is 19.3 Å². The molecule has 0 spiro atoms. The van der Waals surface area contributed by atoms with E-state index in [0.717, 1.165) is 11.3 Å². The molecule has 0 aliphatic heterocycles. The molecular weight excluding hydrogens is 178 g/mol. The lowest BCUT2D eigenvalue weighted by molar-refractivity contribution is 0.0956. The Morgan fingerprint density at radius 1 is 1.33 bits per heavy atom. The Morgan fingerprint density at radius 3 is 2.33 bits per heavy atom. The summed E-state index contributed by atoms with van der Waals surface area (Å²) in [4.78, 5) is 22.2. The Balaban J connectivity index is 2.91. The minimum absolute atomic E-state index is 0.341. The van der Waals surface area contributed by atoms with Gasteiger partial charge < -0.3 is 5.73 Å². The van der Waals surface area contributed by atoms with Crippen LogP contribution in [-0.4, -0.2) is 11.8 Å². The fourth-order valence-electron chi connectivity index (χ4n) is 0.663. The zero-order chi connectivity index (χ0) is 9.14. The van der Waals surface area contributed by atoms with Gasteiger partial charge in [-0.3, -0.25) is 15.0 Å². The molecule has 0 fully saturated rings. The summed E-state index contributed by atoms with van der Waals surface area (Å²) in [6, 6.07) is 2.98. The molecule has 0 radical (unpaired) electrons. The number of carbonyl (C=O) groups excluding carboxylic acids is 2. The van der Waals surface area contributed by atoms with Crippen molar-refractivity contribution in [1.82, 2.24) is 5.43 Å². The fourth-order valence-corrected chi connectivity index (χ4v) is 1.42. The Hall–Kier alpha value is -1.40. The first kappa shape index (κ1) is 8.69. The van der Waals surface area contributed by atoms with Crippen molar-refractivity contribution in [3.05, 3.63) is 21.9 Å². The van der Waals surface area contributed by atoms with E-state index in [1.54, 1.807) is 0 Å². The average molecular weight is 185 g/mol. The molecule has 64 valence electrons. The van der Waals surface area contributed by atoms with Crippen LogP contribution in [0.15, 0.2) is 12.1 Å². The molecule has 2 amide bonds. The van der Waals surface area contributed by atoms with Gasteiger partial charge in [0.2, 0.25) is 0 Å². The van der Waals surface area contributed by atoms with Gasteiger partial charge in [0.05, 0.1) is 9.75 Å². The van der Waals surface area contributed by atoms with Gasteiger partial charge in [-0.15, -0.1) is 11.3 Å². The molecule has 0 aromatic carbocycles. The predicted molar refractivity (Wildman–Crippen MR) is 44.5 cm³/mol. The molecule has 0 bridgehead atoms. The molecule has 1 heterocycles. The standard InChI is InChI=1S/C6H7N3O2S/c7-5(10)3-1-2-4(12-3)6(11)9-8/h1-2H,8H2,(H2,7,10)(H,9,11). The number of rotatable bonds is 2. The second-order valence-corrected chi connectivity index (χ2v) is 3.09. The third-order valence-corrected chi connectivity index (χ3v) is 2.30. The third-order valence-electron chi connectivity index (χ3n) is 1.20. The van der Waals surface area contributed by atoms with E-state index in [4.69, 9.17) is 11.6 Å². The molecule has 0 aliphatic rings. The molecule has 1 aromatic heterocycles. The van der Waals surface area contributed by atoms with Gasteiger partial charge in [0.15, 0.2) is 0 Å². The lowest BCUT2D eigenvalue weighted by Crippen LogP contribution is -2.29. The Bertz CT molecular complexity index is 320. The first-order valence-electron chi connectivity index (χ1n) is 3.05. The number of nitrogens with two attached hydrogens (primary N) is 2. The van der Waals surface area contributed by atoms with Gasteiger partial charge >= 0.3 is 0 Å². The minimum Gasteiger partial charge on any atom is -0.365 e. The van der Waals surface area contributed by atoms with Crippen LogP contribution in [0.2, 0.25) is 0 Å². The normalized spacial score (nSPS) is 9.42. The van der Waals surface area contributed by atoms with Crippen LogP contribution in [0.3, 0.4) is 0 Å². The molecule has 0 atom stereocenters. The molecule has 5 nitrogen and oxygen atoms in total. The first-order chi connectivity index (χ1) is 5.65. The second-order valence-electron chi connectivity index (χ2n) is 2.00. The summed E-state index contributed by atoms with van der Waals surface area (Å²) in [5, 5.41) is 0. The summed E-state index contributed by atoms with van der Waals surface area (Å²) in [7, 11) is 0. The number of carbonyl (C=O) groups is 2. The average Bonchev–Trinajstić information content (AvgIpc) is 2.51. The van der Waals surface area contributed by atoms with E-state index < -0.39 is 11.8 Å². The van der Waals surface area contributed by atoms with E-state index in [-0.39, 0.29) is 0 Å². The molecular formula is C6H7N3O2S. The maximum Gasteiger partial charge on any atom is 0.275 e. The van der Waals surface area contributed by atoms with E-state index in [9.17, 15) is 9.59 Å². The van der Waals surface area contributed by atoms with Crippen molar-refractivity contribution in [3.8, 4) is 0 Å². The second kappa shape index (κ2) is 3.33. The van der Waals surface area contributed by atoms with Crippen LogP contribution >= 0.6 is 11.3 Å². The number of hydrazine groups is 1. The van der Waals surface area contributed by atoms with Crippen molar-refractivity contribution >= 4 is 23.2 Å². The molecule has 12 heavy (non-hydrogen) atoms. The maximum atomic E-state index is 10.9. The monoisotopic (exact) mass is 185 g/mol. The van der Waals surface area contributed by atoms with Gasteiger partial charge in [-0.05, 0) is 12.1 Å². The summed E-state index contributed by atoms with van der Waals surface area (Å²) < 4.78 is 0. The molecule has 0 saturated heterocycles. The summed E-state index contributed by atoms with van der Waals surface area (Å²) >= 11 is 1.01. The number of amides is 2. The summed E-state index contributed by atoms with van der Waals surface area (Å²) in [6.45, 7) is 0. The van der Waals surface area contributed by atoms with Gasteiger partial charge in [-0.1, -0.05) is 0 Å². The van der Waals surface area contributed by atoms with Crippen molar-refractivity contribution in [2.45, 2.75) is 0 Å². The highest BCUT2D eigenvalue weighted by Crippen LogP contribution is 2.14. The first-order valence-corrected chi connectivity index (χ1v) is 3.87. The number of thiophene rings is 1. The lowest BCUT2D eigenvalue weighted by atomic mass is 10.4. The van der Waals surface area contributed by atoms with Crippen molar-refractivity contribution in [1.29, 1.82) is 0 Å². The summed E-state index contributed by atoms with van der Waals surface area (Å²) in [5.74, 6) is 3.91. The number of nitrogens with one attached hydrogen (secondary N) is 1. The van der Waals surface area contributed by atoms with Crippen molar-refractivity contribution in [2.75, 3.05) is 0 Å². The van der Waals surface area contributed by atoms with E-state index >= 15 is 0 Å². The van der Waals surface area contributed by atoms with Crippen LogP contribution in [0.5, 0.6) is 0 Å². The SMILES string of the molecule is NNC(=O)c1ccc(C(N)=O)s1. The molecule has 6 heteroatoms. The highest BCUT2D eigenvalue weighted by molar-refractivity contribution is 7.15. The van der Waals surface area contributed by atoms with Crippen LogP contribution < -0.4 is 17.0 Å². The summed E-state index contributed by atoms with van der Waals surface area (Å²) in [5.41, 5.74) is 6.93. The number of primary amides is 1. The van der Waals surface area contributed by atoms with Crippen molar-refractivity contribution < 1.29 is 9.59 Å². The third kappa shape index (κ3) is 1.60. The van der Waals surface area contributed by atoms with Gasteiger partial charge in [0, 0.05) is 0 Å². The fraction of sp³-hybridized carbons (Fsp3) is 0. The topological polar surface area (TPSA) is 98.2 Å². The highest BCUT2D eigenvalue weighted by Gasteiger charge is 2.09. The molecule has 0 aliphatic carbocycles. The Labute approximate surface area is 72.3 Å². The van der Waals surface area contributed by atoms with Crippen LogP contribution in [0, 0.1) is 0 Å². The Kier molecular flexibility index (Phi) is 2.41. The molecule has 1 aromatic rings. The van der Waals surface area contributed by atoms with E-state index in [1.165, 1.54) is 12.1 Å². The smallest absolute Gasteiger partial charge is 0.275 e. The predicted octanol–water partition coefficient (Wildman–Crippen LogP) is -0.550. The van der Waals surface area contributed by atoms with Crippen LogP contribution in [0.25, 0.3) is 0 Å². The van der Waals surface area contributed by atoms with Crippen LogP contribution in [0.4, 0.5) is 0 Å². The lowest BCUT2D eigenvalue weighted by Gasteiger charge is -1.91. The number of hydrogen-bond acceptors (Lipinski definition) is 4. The molecule has 1 rings (SSSR count). The molecule has 0 unspecified atom stereocenters. The molecule has 5 N–H and O–H groups in total. The van der Waals surface area contributed by atoms with E-state index in [1.807, 2.05) is 5.43 Å². The largest absolute Gasteiger partial charge is 0.365 e. The zero-order valence-corrected chi connectivity index (χ0v) is 6.85. The van der Waals surface area contributed by atoms with Gasteiger partial charge in [-0.2, -0.15) is 0 Å². The summed E-state index contributed by atoms with van der Waals surface area (Å²) in [6.07, 6.45) is 0.